The summed E-state index contributed by atoms with van der Waals surface area (Å²) in [6, 6.07) is 1.20. The summed E-state index contributed by atoms with van der Waals surface area (Å²) in [4.78, 5) is 82.1. The average molecular weight is 1150 g/mol. The number of ether oxygens (including phenoxy) is 9. The first kappa shape index (κ1) is 62.7. The number of esters is 5. The minimum Gasteiger partial charge on any atom is -0.508 e. The van der Waals surface area contributed by atoms with Crippen molar-refractivity contribution in [3.05, 3.63) is 134 Å². The van der Waals surface area contributed by atoms with Gasteiger partial charge in [-0.1, -0.05) is 0 Å². The number of carbonyl (C=O) groups excluding carboxylic acids is 5. The number of carboxylic acids is 1. The van der Waals surface area contributed by atoms with E-state index in [1.165, 1.54) is 69.3 Å². The summed E-state index contributed by atoms with van der Waals surface area (Å²) in [6.07, 6.45) is -0.514. The third-order valence-corrected chi connectivity index (χ3v) is 15.8. The molecular weight excluding hydrogens is 1080 g/mol. The van der Waals surface area contributed by atoms with E-state index >= 15 is 0 Å². The lowest BCUT2D eigenvalue weighted by Gasteiger charge is -2.23. The van der Waals surface area contributed by atoms with Crippen LogP contribution in [0.4, 0.5) is 0 Å². The van der Waals surface area contributed by atoms with E-state index in [-0.39, 0.29) is 124 Å². The number of rotatable bonds is 16. The van der Waals surface area contributed by atoms with Gasteiger partial charge in [0.25, 0.3) is 0 Å². The van der Waals surface area contributed by atoms with Gasteiger partial charge in [-0.15, -0.1) is 0 Å². The van der Waals surface area contributed by atoms with Crippen LogP contribution in [0, 0.1) is 104 Å². The van der Waals surface area contributed by atoms with Crippen LogP contribution in [0.5, 0.6) is 69.0 Å². The molecular formula is C63H68O20. The number of benzene rings is 6. The number of aryl methyl sites for hydroxylation is 1. The molecule has 20 heteroatoms. The van der Waals surface area contributed by atoms with Crippen molar-refractivity contribution >= 4 is 35.8 Å². The first-order valence-electron chi connectivity index (χ1n) is 25.8. The first-order valence-corrected chi connectivity index (χ1v) is 25.8. The Bertz CT molecular complexity index is 3800. The molecule has 0 saturated heterocycles. The van der Waals surface area contributed by atoms with E-state index in [1.807, 2.05) is 0 Å². The Morgan fingerprint density at radius 3 is 0.976 bits per heavy atom. The van der Waals surface area contributed by atoms with E-state index in [4.69, 9.17) is 42.6 Å². The molecule has 0 fully saturated rings. The molecule has 0 aliphatic heterocycles. The third kappa shape index (κ3) is 10.6. The molecule has 0 amide bonds. The Morgan fingerprint density at radius 2 is 0.639 bits per heavy atom. The number of methoxy groups -OCH3 is 5. The van der Waals surface area contributed by atoms with Crippen molar-refractivity contribution in [1.29, 1.82) is 0 Å². The summed E-state index contributed by atoms with van der Waals surface area (Å²) in [7, 11) is 6.54. The van der Waals surface area contributed by atoms with E-state index in [0.717, 1.165) is 0 Å². The van der Waals surface area contributed by atoms with Crippen molar-refractivity contribution < 1.29 is 96.9 Å². The predicted octanol–water partition coefficient (Wildman–Crippen LogP) is 11.1. The molecule has 6 aromatic rings. The molecule has 0 heterocycles. The molecule has 0 spiro atoms. The van der Waals surface area contributed by atoms with Crippen LogP contribution in [-0.2, 0) is 11.2 Å². The average Bonchev–Trinajstić information content (AvgIpc) is 3.47. The van der Waals surface area contributed by atoms with Crippen LogP contribution in [0.1, 0.15) is 157 Å². The minimum absolute atomic E-state index is 0.00000384. The fourth-order valence-electron chi connectivity index (χ4n) is 10.6. The highest BCUT2D eigenvalue weighted by Crippen LogP contribution is 2.47. The van der Waals surface area contributed by atoms with Crippen LogP contribution in [0.2, 0.25) is 0 Å². The number of hydrogen-bond donors (Lipinski definition) is 5. The van der Waals surface area contributed by atoms with Gasteiger partial charge >= 0.3 is 35.8 Å². The number of aromatic carboxylic acids is 1. The van der Waals surface area contributed by atoms with Crippen molar-refractivity contribution in [2.45, 2.75) is 110 Å². The van der Waals surface area contributed by atoms with E-state index in [9.17, 15) is 54.3 Å². The van der Waals surface area contributed by atoms with Crippen LogP contribution >= 0.6 is 0 Å². The molecule has 0 radical (unpaired) electrons. The zero-order chi connectivity index (χ0) is 62.4. The Balaban J connectivity index is 1.35. The van der Waals surface area contributed by atoms with Gasteiger partial charge < -0.3 is 68.2 Å². The Morgan fingerprint density at radius 1 is 0.325 bits per heavy atom. The lowest BCUT2D eigenvalue weighted by Crippen LogP contribution is -2.19. The second-order valence-electron chi connectivity index (χ2n) is 20.2. The summed E-state index contributed by atoms with van der Waals surface area (Å²) in [5, 5.41) is 56.3. The van der Waals surface area contributed by atoms with Crippen molar-refractivity contribution in [3.63, 3.8) is 0 Å². The van der Waals surface area contributed by atoms with Gasteiger partial charge in [0, 0.05) is 45.4 Å². The quantitative estimate of drug-likeness (QED) is 0.0444. The molecule has 20 nitrogen and oxygen atoms in total. The van der Waals surface area contributed by atoms with Gasteiger partial charge in [0.05, 0.1) is 35.5 Å². The molecule has 0 aliphatic carbocycles. The maximum atomic E-state index is 14.5. The maximum Gasteiger partial charge on any atom is 0.347 e. The van der Waals surface area contributed by atoms with E-state index in [1.54, 1.807) is 76.2 Å². The lowest BCUT2D eigenvalue weighted by molar-refractivity contribution is 0.0593. The SMILES string of the molecule is COC(=O)c1c(C)c(C)c(OC(=O)c2c(C)c(C)c(OC(=O)c3c(C)c(Cc4c(O)cc(C)c(C(=O)Oc5c(C)c(C)c(C(=O)Oc6c(C)c(C)c(C(=O)O)c(OC)c6C)c(OC)c5C)c4O)c(O)c(C)c3O)c(C)c2OC)c(C)c1OC. The molecule has 440 valence electrons. The summed E-state index contributed by atoms with van der Waals surface area (Å²) < 4.78 is 51.5. The smallest absolute Gasteiger partial charge is 0.347 e. The second-order valence-corrected chi connectivity index (χ2v) is 20.2. The van der Waals surface area contributed by atoms with Gasteiger partial charge in [0.2, 0.25) is 0 Å². The molecule has 0 aliphatic rings. The Labute approximate surface area is 480 Å². The molecule has 0 atom stereocenters. The standard InChI is InChI=1S/C63H68O20/c1-23-21-40(64)39(49(67)41(23)60(71)80-51-30(8)26(4)45(56(77-18)36(51)14)62(73)82-50-28(6)24(2)43(58(68)69)54(75-16)34(50)12)22-38-32(10)42(48(66)33(11)47(38)65)61(72)81-52-31(9)27(5)46(57(78-19)37(52)15)63(74)83-53-29(7)25(3)44(59(70)79-20)55(76-17)35(53)13/h21,64-67H,22H2,1-20H3,(H,68,69). The lowest BCUT2D eigenvalue weighted by atomic mass is 9.90. The van der Waals surface area contributed by atoms with Gasteiger partial charge in [-0.3, -0.25) is 0 Å². The topological polar surface area (TPSA) is 287 Å². The number of hydrogen-bond acceptors (Lipinski definition) is 19. The molecule has 0 bridgehead atoms. The largest absolute Gasteiger partial charge is 0.508 e. The van der Waals surface area contributed by atoms with Gasteiger partial charge in [0.1, 0.15) is 102 Å². The zero-order valence-electron chi connectivity index (χ0n) is 50.1. The molecule has 6 aromatic carbocycles. The molecule has 0 saturated carbocycles. The van der Waals surface area contributed by atoms with Gasteiger partial charge in [-0.05, 0) is 166 Å². The highest BCUT2D eigenvalue weighted by Gasteiger charge is 2.35. The number of carbonyl (C=O) groups is 6. The number of aromatic hydroxyl groups is 4. The highest BCUT2D eigenvalue weighted by atomic mass is 16.6. The Hall–Kier alpha value is -9.46. The number of phenolic OH excluding ortho intramolecular Hbond substituents is 4. The maximum absolute atomic E-state index is 14.5. The first-order chi connectivity index (χ1) is 38.8. The van der Waals surface area contributed by atoms with Gasteiger partial charge in [-0.25, -0.2) is 28.8 Å². The van der Waals surface area contributed by atoms with Crippen LogP contribution in [-0.4, -0.2) is 96.9 Å². The van der Waals surface area contributed by atoms with Crippen LogP contribution in [0.3, 0.4) is 0 Å². The molecule has 0 aromatic heterocycles. The van der Waals surface area contributed by atoms with Crippen molar-refractivity contribution in [2.75, 3.05) is 35.5 Å². The van der Waals surface area contributed by atoms with Crippen molar-refractivity contribution in [1.82, 2.24) is 0 Å². The van der Waals surface area contributed by atoms with E-state index in [2.05, 4.69) is 0 Å². The fourth-order valence-corrected chi connectivity index (χ4v) is 10.6. The molecule has 83 heavy (non-hydrogen) atoms. The third-order valence-electron chi connectivity index (χ3n) is 15.8. The predicted molar refractivity (Wildman–Crippen MR) is 304 cm³/mol. The molecule has 6 rings (SSSR count). The van der Waals surface area contributed by atoms with Crippen LogP contribution in [0.15, 0.2) is 6.07 Å². The number of phenols is 4. The normalized spacial score (nSPS) is 11.0. The molecule has 0 unspecified atom stereocenters. The summed E-state index contributed by atoms with van der Waals surface area (Å²) in [5.41, 5.74) is 2.72. The summed E-state index contributed by atoms with van der Waals surface area (Å²) in [5.74, 6) is -7.83. The van der Waals surface area contributed by atoms with E-state index in [0.29, 0.717) is 44.5 Å². The fraction of sp³-hybridized carbons (Fsp3) is 0.333. The molecule has 5 N–H and O–H groups in total. The highest BCUT2D eigenvalue weighted by molar-refractivity contribution is 6.03. The van der Waals surface area contributed by atoms with E-state index < -0.39 is 70.8 Å². The van der Waals surface area contributed by atoms with Crippen molar-refractivity contribution in [3.8, 4) is 69.0 Å². The van der Waals surface area contributed by atoms with Crippen molar-refractivity contribution in [2.24, 2.45) is 0 Å². The van der Waals surface area contributed by atoms with Gasteiger partial charge in [-0.2, -0.15) is 0 Å². The zero-order valence-corrected chi connectivity index (χ0v) is 50.1. The second kappa shape index (κ2) is 23.9. The summed E-state index contributed by atoms with van der Waals surface area (Å²) in [6.45, 7) is 23.3. The summed E-state index contributed by atoms with van der Waals surface area (Å²) >= 11 is 0. The monoisotopic (exact) mass is 1140 g/mol. The van der Waals surface area contributed by atoms with Crippen LogP contribution in [0.25, 0.3) is 0 Å². The minimum atomic E-state index is -1.22. The Kier molecular flexibility index (Phi) is 18.1. The van der Waals surface area contributed by atoms with Crippen LogP contribution < -0.4 is 37.9 Å². The number of carboxylic acid groups (broad SMARTS) is 1. The van der Waals surface area contributed by atoms with Gasteiger partial charge in [0.15, 0.2) is 0 Å².